The van der Waals surface area contributed by atoms with Crippen LogP contribution in [0.25, 0.3) is 0 Å². The van der Waals surface area contributed by atoms with E-state index in [2.05, 4.69) is 20.9 Å². The van der Waals surface area contributed by atoms with Crippen molar-refractivity contribution in [1.29, 1.82) is 0 Å². The van der Waals surface area contributed by atoms with Gasteiger partial charge in [-0.1, -0.05) is 6.07 Å². The number of rotatable bonds is 3. The summed E-state index contributed by atoms with van der Waals surface area (Å²) in [5, 5.41) is 3.01. The third-order valence-corrected chi connectivity index (χ3v) is 4.03. The summed E-state index contributed by atoms with van der Waals surface area (Å²) < 4.78 is 13.5. The fraction of sp³-hybridized carbons (Fsp3) is 0.250. The molecule has 5 heteroatoms. The monoisotopic (exact) mass is 314 g/mol. The maximum Gasteiger partial charge on any atom is 0.137 e. The Labute approximate surface area is 112 Å². The lowest BCUT2D eigenvalue weighted by molar-refractivity contribution is 0.617. The lowest BCUT2D eigenvalue weighted by Crippen LogP contribution is -2.13. The van der Waals surface area contributed by atoms with Gasteiger partial charge in [0.25, 0.3) is 0 Å². The van der Waals surface area contributed by atoms with Crippen LogP contribution in [0.15, 0.2) is 28.1 Å². The minimum absolute atomic E-state index is 0.155. The zero-order valence-electron chi connectivity index (χ0n) is 9.28. The Morgan fingerprint density at radius 1 is 1.53 bits per heavy atom. The van der Waals surface area contributed by atoms with Crippen LogP contribution >= 0.6 is 27.3 Å². The summed E-state index contributed by atoms with van der Waals surface area (Å²) in [7, 11) is 0. The zero-order valence-corrected chi connectivity index (χ0v) is 11.7. The Morgan fingerprint density at radius 3 is 2.88 bits per heavy atom. The standard InChI is InChI=1S/C12H12BrFN2S/c1-7-6-17-12(16-7)5-11(15)8-2-3-10(14)9(13)4-8/h2-4,6,11H,5,15H2,1H3. The fourth-order valence-electron chi connectivity index (χ4n) is 1.55. The van der Waals surface area contributed by atoms with Crippen molar-refractivity contribution < 1.29 is 4.39 Å². The van der Waals surface area contributed by atoms with Gasteiger partial charge in [0, 0.05) is 23.5 Å². The molecule has 0 aliphatic rings. The van der Waals surface area contributed by atoms with Gasteiger partial charge in [-0.05, 0) is 40.5 Å². The second-order valence-electron chi connectivity index (χ2n) is 3.87. The Balaban J connectivity index is 2.14. The van der Waals surface area contributed by atoms with Crippen LogP contribution < -0.4 is 5.73 Å². The molecule has 0 radical (unpaired) electrons. The van der Waals surface area contributed by atoms with Gasteiger partial charge in [0.15, 0.2) is 0 Å². The van der Waals surface area contributed by atoms with Crippen molar-refractivity contribution in [3.05, 3.63) is 50.1 Å². The minimum Gasteiger partial charge on any atom is -0.324 e. The van der Waals surface area contributed by atoms with E-state index in [0.717, 1.165) is 16.3 Å². The predicted octanol–water partition coefficient (Wildman–Crippen LogP) is 3.60. The normalized spacial score (nSPS) is 12.7. The van der Waals surface area contributed by atoms with E-state index >= 15 is 0 Å². The van der Waals surface area contributed by atoms with Gasteiger partial charge in [-0.25, -0.2) is 9.37 Å². The van der Waals surface area contributed by atoms with Crippen LogP contribution in [0.2, 0.25) is 0 Å². The van der Waals surface area contributed by atoms with Gasteiger partial charge in [-0.3, -0.25) is 0 Å². The van der Waals surface area contributed by atoms with E-state index in [4.69, 9.17) is 5.73 Å². The number of nitrogens with zero attached hydrogens (tertiary/aromatic N) is 1. The highest BCUT2D eigenvalue weighted by molar-refractivity contribution is 9.10. The molecule has 17 heavy (non-hydrogen) atoms. The molecule has 0 aliphatic heterocycles. The maximum absolute atomic E-state index is 13.1. The molecule has 0 saturated carbocycles. The molecule has 0 fully saturated rings. The molecule has 0 amide bonds. The summed E-state index contributed by atoms with van der Waals surface area (Å²) in [6.45, 7) is 1.96. The van der Waals surface area contributed by atoms with Gasteiger partial charge in [-0.2, -0.15) is 0 Å². The number of halogens is 2. The lowest BCUT2D eigenvalue weighted by Gasteiger charge is -2.10. The molecule has 0 bridgehead atoms. The first-order valence-electron chi connectivity index (χ1n) is 5.18. The van der Waals surface area contributed by atoms with Crippen molar-refractivity contribution in [1.82, 2.24) is 4.98 Å². The quantitative estimate of drug-likeness (QED) is 0.940. The molecule has 90 valence electrons. The molecule has 1 heterocycles. The summed E-state index contributed by atoms with van der Waals surface area (Å²) in [5.41, 5.74) is 8.00. The lowest BCUT2D eigenvalue weighted by atomic mass is 10.1. The van der Waals surface area contributed by atoms with Gasteiger partial charge in [0.2, 0.25) is 0 Å². The summed E-state index contributed by atoms with van der Waals surface area (Å²) in [5.74, 6) is -0.272. The molecule has 0 spiro atoms. The second kappa shape index (κ2) is 5.25. The van der Waals surface area contributed by atoms with Crippen LogP contribution in [0.1, 0.15) is 22.3 Å². The Kier molecular flexibility index (Phi) is 3.91. The summed E-state index contributed by atoms with van der Waals surface area (Å²) in [6.07, 6.45) is 0.677. The topological polar surface area (TPSA) is 38.9 Å². The van der Waals surface area contributed by atoms with Crippen molar-refractivity contribution in [2.45, 2.75) is 19.4 Å². The number of thiazole rings is 1. The third-order valence-electron chi connectivity index (χ3n) is 2.43. The Morgan fingerprint density at radius 2 is 2.29 bits per heavy atom. The van der Waals surface area contributed by atoms with Crippen LogP contribution in [0.5, 0.6) is 0 Å². The van der Waals surface area contributed by atoms with Gasteiger partial charge in [0.05, 0.1) is 9.48 Å². The largest absolute Gasteiger partial charge is 0.324 e. The number of nitrogens with two attached hydrogens (primary N) is 1. The average Bonchev–Trinajstić information content (AvgIpc) is 2.68. The molecular formula is C12H12BrFN2S. The zero-order chi connectivity index (χ0) is 12.4. The Hall–Kier alpha value is -0.780. The number of hydrogen-bond acceptors (Lipinski definition) is 3. The smallest absolute Gasteiger partial charge is 0.137 e. The molecule has 1 unspecified atom stereocenters. The van der Waals surface area contributed by atoms with Gasteiger partial charge < -0.3 is 5.73 Å². The number of aromatic nitrogens is 1. The van der Waals surface area contributed by atoms with Crippen molar-refractivity contribution in [2.24, 2.45) is 5.73 Å². The fourth-order valence-corrected chi connectivity index (χ4v) is 2.77. The highest BCUT2D eigenvalue weighted by Crippen LogP contribution is 2.23. The van der Waals surface area contributed by atoms with Crippen molar-refractivity contribution in [3.8, 4) is 0 Å². The SMILES string of the molecule is Cc1csc(CC(N)c2ccc(F)c(Br)c2)n1. The Bertz CT molecular complexity index is 527. The van der Waals surface area contributed by atoms with Crippen molar-refractivity contribution >= 4 is 27.3 Å². The van der Waals surface area contributed by atoms with Crippen LogP contribution in [0.3, 0.4) is 0 Å². The van der Waals surface area contributed by atoms with Crippen molar-refractivity contribution in [2.75, 3.05) is 0 Å². The molecule has 2 N–H and O–H groups in total. The molecule has 0 aliphatic carbocycles. The third kappa shape index (κ3) is 3.12. The highest BCUT2D eigenvalue weighted by Gasteiger charge is 2.11. The summed E-state index contributed by atoms with van der Waals surface area (Å²) in [6, 6.07) is 4.70. The average molecular weight is 315 g/mol. The van der Waals surface area contributed by atoms with Gasteiger partial charge >= 0.3 is 0 Å². The van der Waals surface area contributed by atoms with E-state index in [-0.39, 0.29) is 11.9 Å². The van der Waals surface area contributed by atoms with Crippen LogP contribution in [-0.2, 0) is 6.42 Å². The van der Waals surface area contributed by atoms with E-state index in [1.807, 2.05) is 12.3 Å². The first-order chi connectivity index (χ1) is 8.06. The molecule has 2 nitrogen and oxygen atoms in total. The molecule has 1 aromatic heterocycles. The number of benzene rings is 1. The van der Waals surface area contributed by atoms with E-state index in [9.17, 15) is 4.39 Å². The molecule has 1 atom stereocenters. The summed E-state index contributed by atoms with van der Waals surface area (Å²) in [4.78, 5) is 4.37. The van der Waals surface area contributed by atoms with E-state index < -0.39 is 0 Å². The van der Waals surface area contributed by atoms with E-state index in [1.54, 1.807) is 23.5 Å². The van der Waals surface area contributed by atoms with Crippen LogP contribution in [-0.4, -0.2) is 4.98 Å². The minimum atomic E-state index is -0.272. The highest BCUT2D eigenvalue weighted by atomic mass is 79.9. The van der Waals surface area contributed by atoms with E-state index in [0.29, 0.717) is 10.9 Å². The first kappa shape index (κ1) is 12.7. The van der Waals surface area contributed by atoms with Crippen LogP contribution in [0, 0.1) is 12.7 Å². The van der Waals surface area contributed by atoms with Crippen LogP contribution in [0.4, 0.5) is 4.39 Å². The number of aryl methyl sites for hydroxylation is 1. The van der Waals surface area contributed by atoms with Crippen molar-refractivity contribution in [3.63, 3.8) is 0 Å². The number of hydrogen-bond donors (Lipinski definition) is 1. The van der Waals surface area contributed by atoms with Gasteiger partial charge in [-0.15, -0.1) is 11.3 Å². The molecule has 0 saturated heterocycles. The first-order valence-corrected chi connectivity index (χ1v) is 6.85. The predicted molar refractivity (Wildman–Crippen MR) is 71.6 cm³/mol. The maximum atomic E-state index is 13.1. The van der Waals surface area contributed by atoms with E-state index in [1.165, 1.54) is 6.07 Å². The van der Waals surface area contributed by atoms with Gasteiger partial charge in [0.1, 0.15) is 5.82 Å². The summed E-state index contributed by atoms with van der Waals surface area (Å²) >= 11 is 4.76. The molecule has 2 aromatic rings. The second-order valence-corrected chi connectivity index (χ2v) is 5.66. The molecular weight excluding hydrogens is 303 g/mol. The molecule has 1 aromatic carbocycles. The molecule has 2 rings (SSSR count).